The molecule has 1 aromatic carbocycles. The number of aromatic carboxylic acids is 1. The molecule has 0 aliphatic heterocycles. The molecule has 3 amide bonds. The number of urea groups is 1. The zero-order chi connectivity index (χ0) is 15.5. The molecular formula is C11H12N2O6S. The molecule has 0 saturated heterocycles. The largest absolute Gasteiger partial charge is 0.478 e. The first-order valence-electron chi connectivity index (χ1n) is 5.29. The van der Waals surface area contributed by atoms with Gasteiger partial charge in [0.1, 0.15) is 5.75 Å². The smallest absolute Gasteiger partial charge is 0.335 e. The van der Waals surface area contributed by atoms with Crippen LogP contribution in [0.2, 0.25) is 0 Å². The number of aryl methyl sites for hydroxylation is 1. The van der Waals surface area contributed by atoms with E-state index in [-0.39, 0.29) is 10.5 Å². The number of carbonyl (C=O) groups is 3. The molecule has 0 fully saturated rings. The van der Waals surface area contributed by atoms with Crippen molar-refractivity contribution >= 4 is 27.7 Å². The maximum absolute atomic E-state index is 12.0. The Morgan fingerprint density at radius 1 is 1.30 bits per heavy atom. The van der Waals surface area contributed by atoms with Crippen LogP contribution in [0.15, 0.2) is 23.1 Å². The second kappa shape index (κ2) is 5.70. The second-order valence-electron chi connectivity index (χ2n) is 3.96. The first-order chi connectivity index (χ1) is 9.13. The molecule has 0 radical (unpaired) electrons. The van der Waals surface area contributed by atoms with Crippen molar-refractivity contribution in [1.29, 1.82) is 0 Å². The van der Waals surface area contributed by atoms with E-state index in [1.54, 1.807) is 5.32 Å². The normalized spacial score (nSPS) is 10.8. The van der Waals surface area contributed by atoms with Crippen molar-refractivity contribution in [2.24, 2.45) is 5.73 Å². The summed E-state index contributed by atoms with van der Waals surface area (Å²) in [6, 6.07) is 2.37. The Morgan fingerprint density at radius 3 is 2.40 bits per heavy atom. The second-order valence-corrected chi connectivity index (χ2v) is 5.91. The Bertz CT molecular complexity index is 680. The number of carbonyl (C=O) groups excluding carboxylic acids is 2. The fourth-order valence-corrected chi connectivity index (χ4v) is 2.93. The van der Waals surface area contributed by atoms with Crippen LogP contribution < -0.4 is 11.1 Å². The van der Waals surface area contributed by atoms with Gasteiger partial charge in [-0.1, -0.05) is 6.07 Å². The van der Waals surface area contributed by atoms with Gasteiger partial charge < -0.3 is 10.8 Å². The third-order valence-corrected chi connectivity index (χ3v) is 4.11. The van der Waals surface area contributed by atoms with Crippen molar-refractivity contribution in [2.75, 3.05) is 5.75 Å². The standard InChI is InChI=1S/C11H12N2O6S/c1-6-2-3-7(10(15)16)4-8(6)20(18,19)5-9(14)13-11(12)17/h2-4H,5H2,1H3,(H,15,16)(H3,12,13,14,17). The van der Waals surface area contributed by atoms with E-state index in [1.165, 1.54) is 19.1 Å². The number of hydrogen-bond donors (Lipinski definition) is 3. The van der Waals surface area contributed by atoms with Gasteiger partial charge in [-0.3, -0.25) is 10.1 Å². The number of nitrogens with one attached hydrogen (secondary N) is 1. The van der Waals surface area contributed by atoms with Gasteiger partial charge in [-0.2, -0.15) is 0 Å². The number of amides is 3. The minimum absolute atomic E-state index is 0.218. The number of rotatable bonds is 4. The highest BCUT2D eigenvalue weighted by atomic mass is 32.2. The summed E-state index contributed by atoms with van der Waals surface area (Å²) in [5.41, 5.74) is 4.78. The van der Waals surface area contributed by atoms with Gasteiger partial charge >= 0.3 is 12.0 Å². The molecule has 0 heterocycles. The van der Waals surface area contributed by atoms with Crippen LogP contribution in [0.5, 0.6) is 0 Å². The third-order valence-electron chi connectivity index (χ3n) is 2.35. The van der Waals surface area contributed by atoms with E-state index < -0.39 is 33.5 Å². The van der Waals surface area contributed by atoms with Gasteiger partial charge in [0, 0.05) is 0 Å². The monoisotopic (exact) mass is 300 g/mol. The maximum Gasteiger partial charge on any atom is 0.335 e. The van der Waals surface area contributed by atoms with Crippen LogP contribution in [0.3, 0.4) is 0 Å². The van der Waals surface area contributed by atoms with Gasteiger partial charge in [0.05, 0.1) is 10.5 Å². The minimum Gasteiger partial charge on any atom is -0.478 e. The molecule has 0 spiro atoms. The van der Waals surface area contributed by atoms with Crippen molar-refractivity contribution in [3.8, 4) is 0 Å². The van der Waals surface area contributed by atoms with E-state index in [1.807, 2.05) is 0 Å². The Hall–Kier alpha value is -2.42. The molecule has 0 bridgehead atoms. The molecule has 1 aromatic rings. The summed E-state index contributed by atoms with van der Waals surface area (Å²) >= 11 is 0. The lowest BCUT2D eigenvalue weighted by Crippen LogP contribution is -2.38. The summed E-state index contributed by atoms with van der Waals surface area (Å²) in [5, 5.41) is 10.5. The molecule has 0 saturated carbocycles. The van der Waals surface area contributed by atoms with Crippen molar-refractivity contribution in [3.05, 3.63) is 29.3 Å². The topological polar surface area (TPSA) is 144 Å². The van der Waals surface area contributed by atoms with Crippen molar-refractivity contribution in [2.45, 2.75) is 11.8 Å². The lowest BCUT2D eigenvalue weighted by molar-refractivity contribution is -0.117. The number of imide groups is 1. The van der Waals surface area contributed by atoms with Gasteiger partial charge in [0.2, 0.25) is 5.91 Å². The lowest BCUT2D eigenvalue weighted by Gasteiger charge is -2.08. The predicted octanol–water partition coefficient (Wildman–Crippen LogP) is -0.338. The van der Waals surface area contributed by atoms with Gasteiger partial charge in [-0.15, -0.1) is 0 Å². The molecule has 0 aliphatic carbocycles. The van der Waals surface area contributed by atoms with Crippen LogP contribution in [0, 0.1) is 6.92 Å². The highest BCUT2D eigenvalue weighted by molar-refractivity contribution is 7.92. The minimum atomic E-state index is -4.07. The molecule has 1 rings (SSSR count). The maximum atomic E-state index is 12.0. The number of primary amides is 1. The zero-order valence-corrected chi connectivity index (χ0v) is 11.2. The van der Waals surface area contributed by atoms with Crippen LogP contribution >= 0.6 is 0 Å². The fraction of sp³-hybridized carbons (Fsp3) is 0.182. The van der Waals surface area contributed by atoms with Gasteiger partial charge in [0.25, 0.3) is 0 Å². The Morgan fingerprint density at radius 2 is 1.90 bits per heavy atom. The highest BCUT2D eigenvalue weighted by Crippen LogP contribution is 2.18. The Balaban J connectivity index is 3.15. The molecule has 0 aromatic heterocycles. The molecule has 4 N–H and O–H groups in total. The number of hydrogen-bond acceptors (Lipinski definition) is 5. The molecule has 0 atom stereocenters. The van der Waals surface area contributed by atoms with E-state index in [0.29, 0.717) is 5.56 Å². The average Bonchev–Trinajstić information content (AvgIpc) is 2.26. The van der Waals surface area contributed by atoms with Crippen LogP contribution in [0.25, 0.3) is 0 Å². The highest BCUT2D eigenvalue weighted by Gasteiger charge is 2.23. The average molecular weight is 300 g/mol. The molecule has 0 unspecified atom stereocenters. The third kappa shape index (κ3) is 3.79. The number of sulfone groups is 1. The Labute approximate surface area is 114 Å². The van der Waals surface area contributed by atoms with Gasteiger partial charge in [-0.05, 0) is 24.6 Å². The van der Waals surface area contributed by atoms with Crippen molar-refractivity contribution in [1.82, 2.24) is 5.32 Å². The first kappa shape index (κ1) is 15.6. The summed E-state index contributed by atoms with van der Waals surface area (Å²) in [5.74, 6) is -3.37. The summed E-state index contributed by atoms with van der Waals surface area (Å²) in [4.78, 5) is 32.3. The van der Waals surface area contributed by atoms with Gasteiger partial charge in [-0.25, -0.2) is 18.0 Å². The van der Waals surface area contributed by atoms with Crippen LogP contribution in [0.1, 0.15) is 15.9 Å². The molecule has 20 heavy (non-hydrogen) atoms. The summed E-state index contributed by atoms with van der Waals surface area (Å²) in [7, 11) is -4.07. The molecular weight excluding hydrogens is 288 g/mol. The van der Waals surface area contributed by atoms with E-state index in [2.05, 4.69) is 0 Å². The predicted molar refractivity (Wildman–Crippen MR) is 67.9 cm³/mol. The van der Waals surface area contributed by atoms with E-state index in [9.17, 15) is 22.8 Å². The quantitative estimate of drug-likeness (QED) is 0.694. The number of benzene rings is 1. The van der Waals surface area contributed by atoms with Crippen LogP contribution in [-0.4, -0.2) is 37.2 Å². The van der Waals surface area contributed by atoms with E-state index >= 15 is 0 Å². The van der Waals surface area contributed by atoms with Crippen molar-refractivity contribution in [3.63, 3.8) is 0 Å². The van der Waals surface area contributed by atoms with Gasteiger partial charge in [0.15, 0.2) is 9.84 Å². The first-order valence-corrected chi connectivity index (χ1v) is 6.94. The zero-order valence-electron chi connectivity index (χ0n) is 10.4. The van der Waals surface area contributed by atoms with Crippen LogP contribution in [0.4, 0.5) is 4.79 Å². The Kier molecular flexibility index (Phi) is 4.45. The molecule has 108 valence electrons. The van der Waals surface area contributed by atoms with Crippen molar-refractivity contribution < 1.29 is 27.9 Å². The molecule has 9 heteroatoms. The summed E-state index contributed by atoms with van der Waals surface area (Å²) in [6.07, 6.45) is 0. The summed E-state index contributed by atoms with van der Waals surface area (Å²) < 4.78 is 24.0. The fourth-order valence-electron chi connectivity index (χ4n) is 1.49. The SMILES string of the molecule is Cc1ccc(C(=O)O)cc1S(=O)(=O)CC(=O)NC(N)=O. The molecule has 8 nitrogen and oxygen atoms in total. The van der Waals surface area contributed by atoms with E-state index in [4.69, 9.17) is 10.8 Å². The van der Waals surface area contributed by atoms with E-state index in [0.717, 1.165) is 6.07 Å². The number of carboxylic acid groups (broad SMARTS) is 1. The lowest BCUT2D eigenvalue weighted by atomic mass is 10.1. The molecule has 0 aliphatic rings. The summed E-state index contributed by atoms with van der Waals surface area (Å²) in [6.45, 7) is 1.46. The van der Waals surface area contributed by atoms with Crippen LogP contribution in [-0.2, 0) is 14.6 Å². The number of nitrogens with two attached hydrogens (primary N) is 1. The number of carboxylic acids is 1.